The summed E-state index contributed by atoms with van der Waals surface area (Å²) in [5.74, 6) is 0.960. The summed E-state index contributed by atoms with van der Waals surface area (Å²) in [4.78, 5) is 2.42. The van der Waals surface area contributed by atoms with Crippen LogP contribution in [0, 0.1) is 0 Å². The molecule has 3 rings (SSSR count). The average Bonchev–Trinajstić information content (AvgIpc) is 2.68. The third-order valence-electron chi connectivity index (χ3n) is 4.68. The number of hydrogen-bond donors (Lipinski definition) is 1. The van der Waals surface area contributed by atoms with E-state index in [0.29, 0.717) is 0 Å². The minimum atomic E-state index is 0.785. The van der Waals surface area contributed by atoms with Crippen molar-refractivity contribution in [2.24, 2.45) is 0 Å². The van der Waals surface area contributed by atoms with Crippen molar-refractivity contribution in [3.63, 3.8) is 0 Å². The summed E-state index contributed by atoms with van der Waals surface area (Å²) in [6, 6.07) is 14.5. The molecule has 0 atom stereocenters. The van der Waals surface area contributed by atoms with Gasteiger partial charge in [-0.1, -0.05) is 29.8 Å². The summed E-state index contributed by atoms with van der Waals surface area (Å²) in [5, 5.41) is 4.31. The van der Waals surface area contributed by atoms with Gasteiger partial charge in [0.1, 0.15) is 5.75 Å². The Balaban J connectivity index is 1.52. The summed E-state index contributed by atoms with van der Waals surface area (Å²) in [6.07, 6.45) is 0.994. The number of morpholine rings is 1. The maximum Gasteiger partial charge on any atom is 0.123 e. The van der Waals surface area contributed by atoms with Gasteiger partial charge in [0.25, 0.3) is 0 Å². The van der Waals surface area contributed by atoms with Crippen molar-refractivity contribution in [2.75, 3.05) is 40.0 Å². The van der Waals surface area contributed by atoms with Crippen LogP contribution >= 0.6 is 11.6 Å². The molecule has 1 fully saturated rings. The molecule has 0 radical (unpaired) electrons. The first-order valence-electron chi connectivity index (χ1n) is 9.15. The SMILES string of the molecule is COc1ccc(CNCCc2ccc(Cl)cc2)cc1CN1CCOCC1. The molecule has 1 heterocycles. The maximum absolute atomic E-state index is 5.93. The second-order valence-corrected chi connectivity index (χ2v) is 7.02. The molecule has 2 aromatic rings. The number of nitrogens with one attached hydrogen (secondary N) is 1. The number of nitrogens with zero attached hydrogens (tertiary/aromatic N) is 1. The molecule has 0 amide bonds. The molecule has 0 spiro atoms. The average molecular weight is 375 g/mol. The number of methoxy groups -OCH3 is 1. The van der Waals surface area contributed by atoms with E-state index in [2.05, 4.69) is 40.5 Å². The van der Waals surface area contributed by atoms with Crippen LogP contribution in [-0.4, -0.2) is 44.9 Å². The Morgan fingerprint density at radius 3 is 2.54 bits per heavy atom. The Kier molecular flexibility index (Phi) is 7.32. The van der Waals surface area contributed by atoms with Gasteiger partial charge in [0, 0.05) is 36.8 Å². The third kappa shape index (κ3) is 5.71. The van der Waals surface area contributed by atoms with E-state index in [1.54, 1.807) is 7.11 Å². The lowest BCUT2D eigenvalue weighted by Gasteiger charge is -2.27. The Morgan fingerprint density at radius 1 is 1.08 bits per heavy atom. The summed E-state index contributed by atoms with van der Waals surface area (Å²) >= 11 is 5.93. The molecule has 1 aliphatic rings. The van der Waals surface area contributed by atoms with Crippen molar-refractivity contribution >= 4 is 11.6 Å². The molecule has 140 valence electrons. The summed E-state index contributed by atoms with van der Waals surface area (Å²) in [5.41, 5.74) is 3.82. The van der Waals surface area contributed by atoms with Crippen LogP contribution in [0.4, 0.5) is 0 Å². The summed E-state index contributed by atoms with van der Waals surface area (Å²) in [6.45, 7) is 6.28. The van der Waals surface area contributed by atoms with Crippen LogP contribution in [0.15, 0.2) is 42.5 Å². The van der Waals surface area contributed by atoms with E-state index in [1.165, 1.54) is 16.7 Å². The summed E-state index contributed by atoms with van der Waals surface area (Å²) < 4.78 is 11.0. The van der Waals surface area contributed by atoms with Gasteiger partial charge < -0.3 is 14.8 Å². The van der Waals surface area contributed by atoms with Crippen molar-refractivity contribution in [2.45, 2.75) is 19.5 Å². The molecular weight excluding hydrogens is 348 g/mol. The zero-order valence-corrected chi connectivity index (χ0v) is 16.1. The molecule has 2 aromatic carbocycles. The normalized spacial score (nSPS) is 15.2. The highest BCUT2D eigenvalue weighted by Gasteiger charge is 2.13. The molecule has 0 aliphatic carbocycles. The Morgan fingerprint density at radius 2 is 1.81 bits per heavy atom. The highest BCUT2D eigenvalue weighted by molar-refractivity contribution is 6.30. The summed E-state index contributed by atoms with van der Waals surface area (Å²) in [7, 11) is 1.74. The lowest BCUT2D eigenvalue weighted by Crippen LogP contribution is -2.35. The molecule has 26 heavy (non-hydrogen) atoms. The monoisotopic (exact) mass is 374 g/mol. The quantitative estimate of drug-likeness (QED) is 0.717. The van der Waals surface area contributed by atoms with Gasteiger partial charge in [0.15, 0.2) is 0 Å². The first kappa shape index (κ1) is 19.2. The van der Waals surface area contributed by atoms with Gasteiger partial charge in [-0.15, -0.1) is 0 Å². The lowest BCUT2D eigenvalue weighted by molar-refractivity contribution is 0.0339. The maximum atomic E-state index is 5.93. The van der Waals surface area contributed by atoms with Crippen LogP contribution in [0.1, 0.15) is 16.7 Å². The molecular formula is C21H27ClN2O2. The van der Waals surface area contributed by atoms with Crippen LogP contribution in [0.5, 0.6) is 5.75 Å². The van der Waals surface area contributed by atoms with Crippen molar-refractivity contribution in [1.82, 2.24) is 10.2 Å². The van der Waals surface area contributed by atoms with Gasteiger partial charge in [-0.05, 0) is 48.4 Å². The van der Waals surface area contributed by atoms with E-state index in [9.17, 15) is 0 Å². The molecule has 1 aliphatic heterocycles. The third-order valence-corrected chi connectivity index (χ3v) is 4.93. The molecule has 1 N–H and O–H groups in total. The number of rotatable bonds is 8. The minimum absolute atomic E-state index is 0.785. The fraction of sp³-hybridized carbons (Fsp3) is 0.429. The zero-order valence-electron chi connectivity index (χ0n) is 15.3. The smallest absolute Gasteiger partial charge is 0.123 e. The van der Waals surface area contributed by atoms with E-state index in [1.807, 2.05) is 12.1 Å². The topological polar surface area (TPSA) is 33.7 Å². The van der Waals surface area contributed by atoms with Crippen molar-refractivity contribution in [3.8, 4) is 5.75 Å². The van der Waals surface area contributed by atoms with Crippen molar-refractivity contribution in [3.05, 3.63) is 64.2 Å². The van der Waals surface area contributed by atoms with Gasteiger partial charge in [-0.2, -0.15) is 0 Å². The van der Waals surface area contributed by atoms with Crippen LogP contribution < -0.4 is 10.1 Å². The number of halogens is 1. The number of ether oxygens (including phenoxy) is 2. The van der Waals surface area contributed by atoms with Crippen LogP contribution in [-0.2, 0) is 24.2 Å². The lowest BCUT2D eigenvalue weighted by atomic mass is 10.1. The molecule has 0 aromatic heterocycles. The Bertz CT molecular complexity index is 685. The number of hydrogen-bond acceptors (Lipinski definition) is 4. The second kappa shape index (κ2) is 9.93. The molecule has 5 heteroatoms. The van der Waals surface area contributed by atoms with E-state index in [4.69, 9.17) is 21.1 Å². The minimum Gasteiger partial charge on any atom is -0.496 e. The van der Waals surface area contributed by atoms with Crippen molar-refractivity contribution < 1.29 is 9.47 Å². The largest absolute Gasteiger partial charge is 0.496 e. The predicted octanol–water partition coefficient (Wildman–Crippen LogP) is 3.51. The standard InChI is InChI=1S/C21H27ClN2O2/c1-25-21-7-4-18(14-19(21)16-24-10-12-26-13-11-24)15-23-9-8-17-2-5-20(22)6-3-17/h2-7,14,23H,8-13,15-16H2,1H3. The predicted molar refractivity (Wildman–Crippen MR) is 106 cm³/mol. The highest BCUT2D eigenvalue weighted by atomic mass is 35.5. The first-order valence-corrected chi connectivity index (χ1v) is 9.53. The zero-order chi connectivity index (χ0) is 18.2. The Hall–Kier alpha value is -1.59. The van der Waals surface area contributed by atoms with E-state index in [0.717, 1.165) is 63.1 Å². The van der Waals surface area contributed by atoms with Gasteiger partial charge in [-0.25, -0.2) is 0 Å². The fourth-order valence-corrected chi connectivity index (χ4v) is 3.31. The van der Waals surface area contributed by atoms with E-state index in [-0.39, 0.29) is 0 Å². The fourth-order valence-electron chi connectivity index (χ4n) is 3.18. The first-order chi connectivity index (χ1) is 12.7. The Labute approximate surface area is 161 Å². The van der Waals surface area contributed by atoms with Gasteiger partial charge in [0.2, 0.25) is 0 Å². The molecule has 0 saturated carbocycles. The van der Waals surface area contributed by atoms with Crippen LogP contribution in [0.2, 0.25) is 5.02 Å². The van der Waals surface area contributed by atoms with Gasteiger partial charge in [0.05, 0.1) is 20.3 Å². The van der Waals surface area contributed by atoms with E-state index < -0.39 is 0 Å². The van der Waals surface area contributed by atoms with E-state index >= 15 is 0 Å². The second-order valence-electron chi connectivity index (χ2n) is 6.59. The molecule has 1 saturated heterocycles. The number of benzene rings is 2. The molecule has 4 nitrogen and oxygen atoms in total. The molecule has 0 unspecified atom stereocenters. The van der Waals surface area contributed by atoms with Crippen molar-refractivity contribution in [1.29, 1.82) is 0 Å². The van der Waals surface area contributed by atoms with Crippen LogP contribution in [0.3, 0.4) is 0 Å². The van der Waals surface area contributed by atoms with Gasteiger partial charge >= 0.3 is 0 Å². The van der Waals surface area contributed by atoms with Gasteiger partial charge in [-0.3, -0.25) is 4.90 Å². The highest BCUT2D eigenvalue weighted by Crippen LogP contribution is 2.22. The van der Waals surface area contributed by atoms with Crippen LogP contribution in [0.25, 0.3) is 0 Å². The molecule has 0 bridgehead atoms.